The van der Waals surface area contributed by atoms with Gasteiger partial charge in [-0.1, -0.05) is 0 Å². The van der Waals surface area contributed by atoms with Gasteiger partial charge in [-0.25, -0.2) is 4.79 Å². The Hall–Kier alpha value is -1.85. The standard InChI is InChI=1S/C11H17N3O3/c1-4-12(3)10(16)8-14-9(15)6-7-13(5-2)11(14)17/h6-7H,4-5,8H2,1-3H3. The normalized spacial score (nSPS) is 10.3. The lowest BCUT2D eigenvalue weighted by molar-refractivity contribution is -0.130. The smallest absolute Gasteiger partial charge is 0.331 e. The van der Waals surface area contributed by atoms with Gasteiger partial charge in [0, 0.05) is 32.4 Å². The first kappa shape index (κ1) is 13.2. The first-order chi connectivity index (χ1) is 8.01. The fourth-order valence-corrected chi connectivity index (χ4v) is 1.38. The molecular formula is C11H17N3O3. The van der Waals surface area contributed by atoms with E-state index in [-0.39, 0.29) is 12.5 Å². The second kappa shape index (κ2) is 5.47. The molecule has 0 fully saturated rings. The van der Waals surface area contributed by atoms with Crippen LogP contribution in [-0.2, 0) is 17.9 Å². The highest BCUT2D eigenvalue weighted by Crippen LogP contribution is 1.86. The fourth-order valence-electron chi connectivity index (χ4n) is 1.38. The van der Waals surface area contributed by atoms with Gasteiger partial charge in [0.05, 0.1) is 0 Å². The summed E-state index contributed by atoms with van der Waals surface area (Å²) in [5.41, 5.74) is -0.893. The maximum atomic E-state index is 11.8. The summed E-state index contributed by atoms with van der Waals surface area (Å²) in [6.45, 7) is 4.44. The van der Waals surface area contributed by atoms with Gasteiger partial charge in [0.2, 0.25) is 5.91 Å². The average molecular weight is 239 g/mol. The third-order valence-corrected chi connectivity index (χ3v) is 2.67. The summed E-state index contributed by atoms with van der Waals surface area (Å²) in [7, 11) is 1.63. The summed E-state index contributed by atoms with van der Waals surface area (Å²) in [4.78, 5) is 36.5. The van der Waals surface area contributed by atoms with Gasteiger partial charge in [0.25, 0.3) is 5.56 Å². The topological polar surface area (TPSA) is 64.3 Å². The molecule has 0 aromatic carbocycles. The summed E-state index contributed by atoms with van der Waals surface area (Å²) in [5, 5.41) is 0. The number of rotatable bonds is 4. The molecule has 0 saturated heterocycles. The van der Waals surface area contributed by atoms with Crippen molar-refractivity contribution in [2.45, 2.75) is 26.9 Å². The lowest BCUT2D eigenvalue weighted by atomic mass is 10.4. The molecule has 0 spiro atoms. The lowest BCUT2D eigenvalue weighted by Crippen LogP contribution is -2.43. The average Bonchev–Trinajstić information content (AvgIpc) is 2.33. The number of carbonyl (C=O) groups excluding carboxylic acids is 1. The number of hydrogen-bond donors (Lipinski definition) is 0. The zero-order valence-corrected chi connectivity index (χ0v) is 10.3. The number of aromatic nitrogens is 2. The number of hydrogen-bond acceptors (Lipinski definition) is 3. The molecule has 1 aromatic heterocycles. The van der Waals surface area contributed by atoms with Crippen molar-refractivity contribution in [3.05, 3.63) is 33.1 Å². The minimum atomic E-state index is -0.447. The Bertz CT molecular complexity index is 515. The van der Waals surface area contributed by atoms with Crippen LogP contribution in [0.2, 0.25) is 0 Å². The van der Waals surface area contributed by atoms with E-state index in [1.807, 2.05) is 6.92 Å². The van der Waals surface area contributed by atoms with Crippen molar-refractivity contribution in [3.8, 4) is 0 Å². The van der Waals surface area contributed by atoms with Crippen LogP contribution in [0.15, 0.2) is 21.9 Å². The van der Waals surface area contributed by atoms with Crippen LogP contribution >= 0.6 is 0 Å². The Morgan fingerprint density at radius 3 is 2.53 bits per heavy atom. The molecule has 0 aliphatic rings. The highest BCUT2D eigenvalue weighted by molar-refractivity contribution is 5.75. The third kappa shape index (κ3) is 2.83. The highest BCUT2D eigenvalue weighted by atomic mass is 16.2. The van der Waals surface area contributed by atoms with Crippen molar-refractivity contribution in [2.24, 2.45) is 0 Å². The van der Waals surface area contributed by atoms with Crippen molar-refractivity contribution in [1.29, 1.82) is 0 Å². The largest absolute Gasteiger partial charge is 0.344 e. The Morgan fingerprint density at radius 1 is 1.35 bits per heavy atom. The molecule has 0 radical (unpaired) electrons. The molecule has 0 aliphatic carbocycles. The Kier molecular flexibility index (Phi) is 4.25. The predicted molar refractivity (Wildman–Crippen MR) is 63.9 cm³/mol. The molecule has 0 atom stereocenters. The molecule has 0 bridgehead atoms. The Balaban J connectivity index is 3.11. The van der Waals surface area contributed by atoms with Crippen LogP contribution in [0.1, 0.15) is 13.8 Å². The molecule has 17 heavy (non-hydrogen) atoms. The van der Waals surface area contributed by atoms with Crippen molar-refractivity contribution in [3.63, 3.8) is 0 Å². The van der Waals surface area contributed by atoms with Gasteiger partial charge in [-0.05, 0) is 13.8 Å². The molecular weight excluding hydrogens is 222 g/mol. The SMILES string of the molecule is CCN(C)C(=O)Cn1c(=O)ccn(CC)c1=O. The maximum Gasteiger partial charge on any atom is 0.331 e. The van der Waals surface area contributed by atoms with Crippen LogP contribution in [0.4, 0.5) is 0 Å². The molecule has 0 saturated carbocycles. The predicted octanol–water partition coefficient (Wildman–Crippen LogP) is -0.492. The molecule has 6 nitrogen and oxygen atoms in total. The van der Waals surface area contributed by atoms with Gasteiger partial charge < -0.3 is 9.47 Å². The number of aryl methyl sites for hydroxylation is 1. The molecule has 94 valence electrons. The monoisotopic (exact) mass is 239 g/mol. The number of amides is 1. The van der Waals surface area contributed by atoms with Gasteiger partial charge in [0.1, 0.15) is 6.54 Å². The van der Waals surface area contributed by atoms with Crippen molar-refractivity contribution >= 4 is 5.91 Å². The zero-order chi connectivity index (χ0) is 13.0. The number of nitrogens with zero attached hydrogens (tertiary/aromatic N) is 3. The van der Waals surface area contributed by atoms with Gasteiger partial charge in [-0.2, -0.15) is 0 Å². The van der Waals surface area contributed by atoms with E-state index >= 15 is 0 Å². The molecule has 1 rings (SSSR count). The second-order valence-electron chi connectivity index (χ2n) is 3.72. The first-order valence-electron chi connectivity index (χ1n) is 5.55. The van der Waals surface area contributed by atoms with Gasteiger partial charge >= 0.3 is 5.69 Å². The molecule has 1 heterocycles. The molecule has 1 aromatic rings. The van der Waals surface area contributed by atoms with E-state index in [0.29, 0.717) is 13.1 Å². The van der Waals surface area contributed by atoms with Gasteiger partial charge in [-0.3, -0.25) is 14.2 Å². The van der Waals surface area contributed by atoms with E-state index in [0.717, 1.165) is 4.57 Å². The van der Waals surface area contributed by atoms with E-state index in [1.54, 1.807) is 14.0 Å². The highest BCUT2D eigenvalue weighted by Gasteiger charge is 2.11. The van der Waals surface area contributed by atoms with Gasteiger partial charge in [-0.15, -0.1) is 0 Å². The summed E-state index contributed by atoms with van der Waals surface area (Å²) in [6.07, 6.45) is 1.44. The Morgan fingerprint density at radius 2 is 2.00 bits per heavy atom. The molecule has 1 amide bonds. The van der Waals surface area contributed by atoms with Crippen LogP contribution in [0.3, 0.4) is 0 Å². The van der Waals surface area contributed by atoms with Crippen LogP contribution in [0, 0.1) is 0 Å². The van der Waals surface area contributed by atoms with Crippen molar-refractivity contribution in [1.82, 2.24) is 14.0 Å². The van der Waals surface area contributed by atoms with E-state index in [2.05, 4.69) is 0 Å². The van der Waals surface area contributed by atoms with Crippen LogP contribution < -0.4 is 11.2 Å². The van der Waals surface area contributed by atoms with Crippen molar-refractivity contribution < 1.29 is 4.79 Å². The fraction of sp³-hybridized carbons (Fsp3) is 0.545. The molecule has 0 aliphatic heterocycles. The zero-order valence-electron chi connectivity index (χ0n) is 10.3. The molecule has 0 N–H and O–H groups in total. The lowest BCUT2D eigenvalue weighted by Gasteiger charge is -2.15. The molecule has 6 heteroatoms. The third-order valence-electron chi connectivity index (χ3n) is 2.67. The van der Waals surface area contributed by atoms with Crippen LogP contribution in [0.25, 0.3) is 0 Å². The minimum Gasteiger partial charge on any atom is -0.344 e. The number of carbonyl (C=O) groups is 1. The maximum absolute atomic E-state index is 11.8. The van der Waals surface area contributed by atoms with E-state index in [9.17, 15) is 14.4 Å². The van der Waals surface area contributed by atoms with E-state index in [4.69, 9.17) is 0 Å². The van der Waals surface area contributed by atoms with E-state index < -0.39 is 11.2 Å². The van der Waals surface area contributed by atoms with Crippen molar-refractivity contribution in [2.75, 3.05) is 13.6 Å². The summed E-state index contributed by atoms with van der Waals surface area (Å²) in [5.74, 6) is -0.249. The molecule has 0 unspecified atom stereocenters. The minimum absolute atomic E-state index is 0.206. The van der Waals surface area contributed by atoms with Crippen LogP contribution in [-0.4, -0.2) is 33.5 Å². The summed E-state index contributed by atoms with van der Waals surface area (Å²) < 4.78 is 2.35. The second-order valence-corrected chi connectivity index (χ2v) is 3.72. The van der Waals surface area contributed by atoms with Crippen LogP contribution in [0.5, 0.6) is 0 Å². The number of likely N-dealkylation sites (N-methyl/N-ethyl adjacent to an activating group) is 1. The quantitative estimate of drug-likeness (QED) is 0.712. The van der Waals surface area contributed by atoms with E-state index in [1.165, 1.54) is 21.7 Å². The first-order valence-corrected chi connectivity index (χ1v) is 5.55. The van der Waals surface area contributed by atoms with Gasteiger partial charge in [0.15, 0.2) is 0 Å². The Labute approximate surface area is 99.1 Å². The summed E-state index contributed by atoms with van der Waals surface area (Å²) >= 11 is 0. The summed E-state index contributed by atoms with van der Waals surface area (Å²) in [6, 6.07) is 1.30.